The number of carbonyl (C=O) groups excluding carboxylic acids is 2. The van der Waals surface area contributed by atoms with Crippen LogP contribution in [0.1, 0.15) is 49.3 Å². The minimum atomic E-state index is -0.820. The second kappa shape index (κ2) is 11.8. The summed E-state index contributed by atoms with van der Waals surface area (Å²) >= 11 is 5.99. The van der Waals surface area contributed by atoms with Crippen LogP contribution >= 0.6 is 11.6 Å². The van der Waals surface area contributed by atoms with Gasteiger partial charge in [0.05, 0.1) is 20.8 Å². The SMILES string of the molecule is COc1ccc([C@H](C(=O)NC2CCCCC2)N(Cc2ccccc2OC)C(=O)CCl)cc1. The zero-order valence-corrected chi connectivity index (χ0v) is 19.4. The highest BCUT2D eigenvalue weighted by Crippen LogP contribution is 2.29. The maximum Gasteiger partial charge on any atom is 0.247 e. The van der Waals surface area contributed by atoms with E-state index in [1.807, 2.05) is 36.4 Å². The minimum absolute atomic E-state index is 0.121. The van der Waals surface area contributed by atoms with Crippen LogP contribution in [0.15, 0.2) is 48.5 Å². The van der Waals surface area contributed by atoms with E-state index in [0.717, 1.165) is 31.2 Å². The van der Waals surface area contributed by atoms with Gasteiger partial charge in [-0.2, -0.15) is 0 Å². The van der Waals surface area contributed by atoms with Gasteiger partial charge in [0.25, 0.3) is 0 Å². The van der Waals surface area contributed by atoms with Gasteiger partial charge in [-0.05, 0) is 36.6 Å². The molecule has 2 amide bonds. The van der Waals surface area contributed by atoms with Crippen molar-refractivity contribution < 1.29 is 19.1 Å². The molecule has 2 aromatic rings. The molecule has 1 atom stereocenters. The molecule has 1 fully saturated rings. The van der Waals surface area contributed by atoms with Crippen molar-refractivity contribution in [3.05, 3.63) is 59.7 Å². The maximum atomic E-state index is 13.6. The zero-order valence-electron chi connectivity index (χ0n) is 18.7. The summed E-state index contributed by atoms with van der Waals surface area (Å²) in [6.45, 7) is 0.199. The van der Waals surface area contributed by atoms with E-state index in [9.17, 15) is 9.59 Å². The first-order chi connectivity index (χ1) is 15.6. The van der Waals surface area contributed by atoms with Crippen molar-refractivity contribution in [3.63, 3.8) is 0 Å². The maximum absolute atomic E-state index is 13.6. The predicted molar refractivity (Wildman–Crippen MR) is 125 cm³/mol. The van der Waals surface area contributed by atoms with Gasteiger partial charge in [-0.1, -0.05) is 49.6 Å². The number of hydrogen-bond donors (Lipinski definition) is 1. The standard InChI is InChI=1S/C25H31ClN2O4/c1-31-21-14-12-18(13-15-21)24(25(30)27-20-9-4-3-5-10-20)28(23(29)16-26)17-19-8-6-7-11-22(19)32-2/h6-8,11-15,20,24H,3-5,9-10,16-17H2,1-2H3,(H,27,30)/t24-/m1/s1. The van der Waals surface area contributed by atoms with Crippen LogP contribution in [-0.4, -0.2) is 42.9 Å². The Morgan fingerprint density at radius 3 is 2.34 bits per heavy atom. The largest absolute Gasteiger partial charge is 0.497 e. The summed E-state index contributed by atoms with van der Waals surface area (Å²) in [6.07, 6.45) is 5.31. The number of rotatable bonds is 9. The third-order valence-corrected chi connectivity index (χ3v) is 6.14. The quantitative estimate of drug-likeness (QED) is 0.563. The Morgan fingerprint density at radius 2 is 1.72 bits per heavy atom. The normalized spacial score (nSPS) is 15.0. The number of methoxy groups -OCH3 is 2. The highest BCUT2D eigenvalue weighted by atomic mass is 35.5. The van der Waals surface area contributed by atoms with Crippen LogP contribution in [0.25, 0.3) is 0 Å². The monoisotopic (exact) mass is 458 g/mol. The molecule has 172 valence electrons. The molecule has 6 nitrogen and oxygen atoms in total. The highest BCUT2D eigenvalue weighted by Gasteiger charge is 2.33. The molecule has 1 aliphatic carbocycles. The molecule has 0 bridgehead atoms. The van der Waals surface area contributed by atoms with Crippen LogP contribution in [-0.2, 0) is 16.1 Å². The van der Waals surface area contributed by atoms with E-state index in [1.165, 1.54) is 11.3 Å². The lowest BCUT2D eigenvalue weighted by Gasteiger charge is -2.33. The molecular formula is C25H31ClN2O4. The summed E-state index contributed by atoms with van der Waals surface area (Å²) < 4.78 is 10.7. The third kappa shape index (κ3) is 5.94. The van der Waals surface area contributed by atoms with Crippen molar-refractivity contribution in [2.45, 2.75) is 50.7 Å². The van der Waals surface area contributed by atoms with E-state index in [2.05, 4.69) is 5.32 Å². The molecule has 32 heavy (non-hydrogen) atoms. The highest BCUT2D eigenvalue weighted by molar-refractivity contribution is 6.27. The van der Waals surface area contributed by atoms with Crippen LogP contribution in [0, 0.1) is 0 Å². The van der Waals surface area contributed by atoms with Crippen molar-refractivity contribution in [2.24, 2.45) is 0 Å². The van der Waals surface area contributed by atoms with Crippen molar-refractivity contribution in [1.82, 2.24) is 10.2 Å². The molecule has 0 spiro atoms. The number of nitrogens with zero attached hydrogens (tertiary/aromatic N) is 1. The van der Waals surface area contributed by atoms with Gasteiger partial charge < -0.3 is 19.7 Å². The van der Waals surface area contributed by atoms with E-state index in [-0.39, 0.29) is 30.3 Å². The zero-order chi connectivity index (χ0) is 22.9. The van der Waals surface area contributed by atoms with Crippen molar-refractivity contribution in [1.29, 1.82) is 0 Å². The van der Waals surface area contributed by atoms with Crippen LogP contribution in [0.5, 0.6) is 11.5 Å². The number of para-hydroxylation sites is 1. The van der Waals surface area contributed by atoms with Crippen LogP contribution in [0.2, 0.25) is 0 Å². The molecule has 0 saturated heterocycles. The number of amides is 2. The van der Waals surface area contributed by atoms with Gasteiger partial charge in [-0.15, -0.1) is 11.6 Å². The molecule has 2 aromatic carbocycles. The Balaban J connectivity index is 1.97. The van der Waals surface area contributed by atoms with Gasteiger partial charge in [0.2, 0.25) is 11.8 Å². The second-order valence-corrected chi connectivity index (χ2v) is 8.25. The molecule has 1 saturated carbocycles. The van der Waals surface area contributed by atoms with E-state index in [4.69, 9.17) is 21.1 Å². The molecule has 0 aliphatic heterocycles. The number of halogens is 1. The average Bonchev–Trinajstić information content (AvgIpc) is 2.84. The molecule has 1 aliphatic rings. The number of nitrogens with one attached hydrogen (secondary N) is 1. The molecule has 0 heterocycles. The summed E-state index contributed by atoms with van der Waals surface area (Å²) in [7, 11) is 3.18. The Hall–Kier alpha value is -2.73. The summed E-state index contributed by atoms with van der Waals surface area (Å²) in [4.78, 5) is 28.1. The molecule has 0 radical (unpaired) electrons. The minimum Gasteiger partial charge on any atom is -0.497 e. The second-order valence-electron chi connectivity index (χ2n) is 7.99. The Morgan fingerprint density at radius 1 is 1.03 bits per heavy atom. The number of hydrogen-bond acceptors (Lipinski definition) is 4. The first kappa shape index (κ1) is 23.9. The fraction of sp³-hybridized carbons (Fsp3) is 0.440. The Bertz CT molecular complexity index is 897. The summed E-state index contributed by atoms with van der Waals surface area (Å²) in [5.41, 5.74) is 1.50. The average molecular weight is 459 g/mol. The van der Waals surface area contributed by atoms with Gasteiger partial charge in [0.15, 0.2) is 0 Å². The number of alkyl halides is 1. The van der Waals surface area contributed by atoms with Gasteiger partial charge in [-0.3, -0.25) is 9.59 Å². The molecule has 0 unspecified atom stereocenters. The fourth-order valence-corrected chi connectivity index (χ4v) is 4.36. The smallest absolute Gasteiger partial charge is 0.247 e. The van der Waals surface area contributed by atoms with Crippen molar-refractivity contribution in [3.8, 4) is 11.5 Å². The van der Waals surface area contributed by atoms with Crippen LogP contribution in [0.4, 0.5) is 0 Å². The van der Waals surface area contributed by atoms with E-state index >= 15 is 0 Å². The lowest BCUT2D eigenvalue weighted by molar-refractivity contribution is -0.140. The van der Waals surface area contributed by atoms with Crippen molar-refractivity contribution in [2.75, 3.05) is 20.1 Å². The summed E-state index contributed by atoms with van der Waals surface area (Å²) in [6, 6.07) is 14.0. The van der Waals surface area contributed by atoms with Crippen LogP contribution < -0.4 is 14.8 Å². The van der Waals surface area contributed by atoms with Gasteiger partial charge >= 0.3 is 0 Å². The van der Waals surface area contributed by atoms with Gasteiger partial charge in [0.1, 0.15) is 23.4 Å². The lowest BCUT2D eigenvalue weighted by atomic mass is 9.94. The lowest BCUT2D eigenvalue weighted by Crippen LogP contribution is -2.47. The first-order valence-electron chi connectivity index (χ1n) is 11.0. The topological polar surface area (TPSA) is 67.9 Å². The van der Waals surface area contributed by atoms with Crippen molar-refractivity contribution >= 4 is 23.4 Å². The van der Waals surface area contributed by atoms with E-state index in [1.54, 1.807) is 26.4 Å². The number of carbonyl (C=O) groups is 2. The first-order valence-corrected chi connectivity index (χ1v) is 11.5. The molecule has 3 rings (SSSR count). The molecule has 1 N–H and O–H groups in total. The van der Waals surface area contributed by atoms with Crippen LogP contribution in [0.3, 0.4) is 0 Å². The molecule has 0 aromatic heterocycles. The summed E-state index contributed by atoms with van der Waals surface area (Å²) in [5.74, 6) is 0.590. The molecular weight excluding hydrogens is 428 g/mol. The number of ether oxygens (including phenoxy) is 2. The number of benzene rings is 2. The third-order valence-electron chi connectivity index (χ3n) is 5.91. The molecule has 7 heteroatoms. The van der Waals surface area contributed by atoms with E-state index < -0.39 is 6.04 Å². The van der Waals surface area contributed by atoms with Gasteiger partial charge in [0, 0.05) is 11.6 Å². The fourth-order valence-electron chi connectivity index (χ4n) is 4.20. The van der Waals surface area contributed by atoms with E-state index in [0.29, 0.717) is 17.1 Å². The Kier molecular flexibility index (Phi) is 8.80. The van der Waals surface area contributed by atoms with Gasteiger partial charge in [-0.25, -0.2) is 0 Å². The Labute approximate surface area is 194 Å². The predicted octanol–water partition coefficient (Wildman–Crippen LogP) is 4.46. The summed E-state index contributed by atoms with van der Waals surface area (Å²) in [5, 5.41) is 3.18.